The maximum atomic E-state index is 9.00. The van der Waals surface area contributed by atoms with Gasteiger partial charge in [-0.3, -0.25) is 0 Å². The second kappa shape index (κ2) is 3.90. The van der Waals surface area contributed by atoms with Crippen LogP contribution in [0.4, 0.5) is 0 Å². The van der Waals surface area contributed by atoms with Gasteiger partial charge in [0.25, 0.3) is 0 Å². The molecule has 4 heteroatoms. The SMILES string of the molecule is CB(O)NC1C=CC(CN)C1. The average molecular weight is 154 g/mol. The summed E-state index contributed by atoms with van der Waals surface area (Å²) in [7, 11) is -0.429. The van der Waals surface area contributed by atoms with E-state index in [2.05, 4.69) is 17.4 Å². The Morgan fingerprint density at radius 3 is 2.91 bits per heavy atom. The maximum Gasteiger partial charge on any atom is 0.374 e. The zero-order chi connectivity index (χ0) is 8.27. The highest BCUT2D eigenvalue weighted by Gasteiger charge is 2.19. The van der Waals surface area contributed by atoms with Crippen molar-refractivity contribution in [3.05, 3.63) is 12.2 Å². The Labute approximate surface area is 67.8 Å². The Balaban J connectivity index is 2.26. The molecule has 0 fully saturated rings. The van der Waals surface area contributed by atoms with Crippen LogP contribution < -0.4 is 11.0 Å². The summed E-state index contributed by atoms with van der Waals surface area (Å²) in [5.74, 6) is 0.492. The first-order valence-electron chi connectivity index (χ1n) is 4.05. The van der Waals surface area contributed by atoms with Gasteiger partial charge in [-0.1, -0.05) is 12.2 Å². The van der Waals surface area contributed by atoms with Crippen molar-refractivity contribution < 1.29 is 5.02 Å². The van der Waals surface area contributed by atoms with E-state index >= 15 is 0 Å². The van der Waals surface area contributed by atoms with Crippen molar-refractivity contribution in [1.29, 1.82) is 0 Å². The predicted molar refractivity (Wildman–Crippen MR) is 47.1 cm³/mol. The fourth-order valence-electron chi connectivity index (χ4n) is 1.38. The number of nitrogens with two attached hydrogens (primary N) is 1. The van der Waals surface area contributed by atoms with Gasteiger partial charge in [-0.05, 0) is 25.7 Å². The molecule has 0 spiro atoms. The number of hydrogen-bond acceptors (Lipinski definition) is 3. The van der Waals surface area contributed by atoms with E-state index in [1.807, 2.05) is 0 Å². The van der Waals surface area contributed by atoms with Crippen LogP contribution in [-0.2, 0) is 0 Å². The summed E-state index contributed by atoms with van der Waals surface area (Å²) < 4.78 is 0. The molecule has 1 rings (SSSR count). The molecule has 1 aliphatic carbocycles. The van der Waals surface area contributed by atoms with Crippen molar-refractivity contribution >= 4 is 7.05 Å². The Bertz CT molecular complexity index is 149. The topological polar surface area (TPSA) is 58.3 Å². The molecule has 0 saturated heterocycles. The minimum absolute atomic E-state index is 0.309. The van der Waals surface area contributed by atoms with E-state index in [-0.39, 0.29) is 0 Å². The van der Waals surface area contributed by atoms with Gasteiger partial charge in [-0.15, -0.1) is 0 Å². The fourth-order valence-corrected chi connectivity index (χ4v) is 1.38. The molecule has 0 aromatic heterocycles. The van der Waals surface area contributed by atoms with Gasteiger partial charge in [0, 0.05) is 6.04 Å². The molecule has 11 heavy (non-hydrogen) atoms. The first kappa shape index (κ1) is 8.78. The molecule has 62 valence electrons. The summed E-state index contributed by atoms with van der Waals surface area (Å²) in [6.45, 7) is 2.43. The molecule has 0 amide bonds. The summed E-state index contributed by atoms with van der Waals surface area (Å²) in [4.78, 5) is 0. The third kappa shape index (κ3) is 2.65. The van der Waals surface area contributed by atoms with Crippen LogP contribution in [0.5, 0.6) is 0 Å². The van der Waals surface area contributed by atoms with Crippen LogP contribution in [0.2, 0.25) is 6.82 Å². The fraction of sp³-hybridized carbons (Fsp3) is 0.714. The van der Waals surface area contributed by atoms with Crippen LogP contribution >= 0.6 is 0 Å². The molecule has 0 aliphatic heterocycles. The lowest BCUT2D eigenvalue weighted by Crippen LogP contribution is -2.38. The van der Waals surface area contributed by atoms with E-state index in [4.69, 9.17) is 10.8 Å². The van der Waals surface area contributed by atoms with Gasteiger partial charge in [0.1, 0.15) is 0 Å². The zero-order valence-electron chi connectivity index (χ0n) is 6.83. The summed E-state index contributed by atoms with van der Waals surface area (Å²) in [6, 6.07) is 0.309. The molecule has 2 unspecified atom stereocenters. The highest BCUT2D eigenvalue weighted by Crippen LogP contribution is 2.16. The molecule has 0 radical (unpaired) electrons. The zero-order valence-corrected chi connectivity index (χ0v) is 6.83. The van der Waals surface area contributed by atoms with Crippen molar-refractivity contribution in [2.24, 2.45) is 11.7 Å². The summed E-state index contributed by atoms with van der Waals surface area (Å²) in [5.41, 5.74) is 5.49. The molecule has 4 N–H and O–H groups in total. The lowest BCUT2D eigenvalue weighted by Gasteiger charge is -2.12. The molecular formula is C7H15BN2O. The first-order chi connectivity index (χ1) is 5.22. The molecular weight excluding hydrogens is 139 g/mol. The minimum atomic E-state index is -0.429. The summed E-state index contributed by atoms with van der Waals surface area (Å²) in [6.07, 6.45) is 5.20. The van der Waals surface area contributed by atoms with Gasteiger partial charge in [-0.25, -0.2) is 0 Å². The van der Waals surface area contributed by atoms with Gasteiger partial charge >= 0.3 is 7.05 Å². The second-order valence-electron chi connectivity index (χ2n) is 3.07. The highest BCUT2D eigenvalue weighted by molar-refractivity contribution is 6.45. The van der Waals surface area contributed by atoms with E-state index in [0.29, 0.717) is 18.5 Å². The van der Waals surface area contributed by atoms with Crippen LogP contribution in [0, 0.1) is 5.92 Å². The Morgan fingerprint density at radius 2 is 2.45 bits per heavy atom. The number of rotatable bonds is 3. The summed E-state index contributed by atoms with van der Waals surface area (Å²) in [5, 5.41) is 12.0. The highest BCUT2D eigenvalue weighted by atomic mass is 16.2. The van der Waals surface area contributed by atoms with Crippen LogP contribution in [0.25, 0.3) is 0 Å². The molecule has 2 atom stereocenters. The molecule has 0 saturated carbocycles. The van der Waals surface area contributed by atoms with Crippen LogP contribution in [-0.4, -0.2) is 24.7 Å². The van der Waals surface area contributed by atoms with E-state index in [9.17, 15) is 0 Å². The van der Waals surface area contributed by atoms with Crippen LogP contribution in [0.3, 0.4) is 0 Å². The lowest BCUT2D eigenvalue weighted by atomic mass is 9.87. The average Bonchev–Trinajstić information content (AvgIpc) is 2.34. The third-order valence-electron chi connectivity index (χ3n) is 1.93. The largest absolute Gasteiger partial charge is 0.437 e. The van der Waals surface area contributed by atoms with Gasteiger partial charge in [0.15, 0.2) is 0 Å². The quantitative estimate of drug-likeness (QED) is 0.382. The number of hydrogen-bond donors (Lipinski definition) is 3. The van der Waals surface area contributed by atoms with E-state index in [1.54, 1.807) is 6.82 Å². The van der Waals surface area contributed by atoms with Crippen molar-refractivity contribution in [1.82, 2.24) is 5.23 Å². The Morgan fingerprint density at radius 1 is 1.73 bits per heavy atom. The van der Waals surface area contributed by atoms with Crippen molar-refractivity contribution in [2.45, 2.75) is 19.3 Å². The molecule has 0 aromatic rings. The molecule has 0 aromatic carbocycles. The van der Waals surface area contributed by atoms with Crippen LogP contribution in [0.1, 0.15) is 6.42 Å². The van der Waals surface area contributed by atoms with Crippen molar-refractivity contribution in [3.8, 4) is 0 Å². The monoisotopic (exact) mass is 154 g/mol. The Kier molecular flexibility index (Phi) is 3.11. The number of nitrogens with one attached hydrogen (secondary N) is 1. The third-order valence-corrected chi connectivity index (χ3v) is 1.93. The molecule has 0 bridgehead atoms. The lowest BCUT2D eigenvalue weighted by molar-refractivity contribution is 0.515. The van der Waals surface area contributed by atoms with Gasteiger partial charge in [0.2, 0.25) is 0 Å². The van der Waals surface area contributed by atoms with Crippen molar-refractivity contribution in [2.75, 3.05) is 6.54 Å². The van der Waals surface area contributed by atoms with Gasteiger partial charge < -0.3 is 16.0 Å². The standard InChI is InChI=1S/C7H15BN2O/c1-8(11)10-7-3-2-6(4-7)5-9/h2-3,6-7,10-11H,4-5,9H2,1H3. The molecule has 3 nitrogen and oxygen atoms in total. The predicted octanol–water partition coefficient (Wildman–Crippen LogP) is -0.410. The maximum absolute atomic E-state index is 9.00. The van der Waals surface area contributed by atoms with Crippen molar-refractivity contribution in [3.63, 3.8) is 0 Å². The molecule has 0 heterocycles. The summed E-state index contributed by atoms with van der Waals surface area (Å²) >= 11 is 0. The normalized spacial score (nSPS) is 29.4. The molecule has 1 aliphatic rings. The van der Waals surface area contributed by atoms with E-state index < -0.39 is 7.05 Å². The van der Waals surface area contributed by atoms with Gasteiger partial charge in [0.05, 0.1) is 0 Å². The van der Waals surface area contributed by atoms with E-state index in [0.717, 1.165) is 6.42 Å². The van der Waals surface area contributed by atoms with Gasteiger partial charge in [-0.2, -0.15) is 0 Å². The minimum Gasteiger partial charge on any atom is -0.437 e. The second-order valence-corrected chi connectivity index (χ2v) is 3.07. The first-order valence-corrected chi connectivity index (χ1v) is 4.05. The smallest absolute Gasteiger partial charge is 0.374 e. The Hall–Kier alpha value is -0.315. The van der Waals surface area contributed by atoms with E-state index in [1.165, 1.54) is 0 Å². The van der Waals surface area contributed by atoms with Crippen LogP contribution in [0.15, 0.2) is 12.2 Å².